The molecule has 0 aliphatic carbocycles. The van der Waals surface area contributed by atoms with Gasteiger partial charge in [0.05, 0.1) is 7.11 Å². The smallest absolute Gasteiger partial charge is 0.244 e. The first kappa shape index (κ1) is 16.9. The molecular formula is C13H22N2O4S. The van der Waals surface area contributed by atoms with Crippen LogP contribution in [0.2, 0.25) is 0 Å². The average Bonchev–Trinajstić information content (AvgIpc) is 2.46. The highest BCUT2D eigenvalue weighted by atomic mass is 32.2. The van der Waals surface area contributed by atoms with Crippen LogP contribution < -0.4 is 15.2 Å². The highest BCUT2D eigenvalue weighted by Crippen LogP contribution is 2.24. The van der Waals surface area contributed by atoms with Gasteiger partial charge in [-0.2, -0.15) is 0 Å². The highest BCUT2D eigenvalue weighted by Gasteiger charge is 2.19. The van der Waals surface area contributed by atoms with Gasteiger partial charge in [-0.1, -0.05) is 6.07 Å². The van der Waals surface area contributed by atoms with Crippen LogP contribution in [0.4, 0.5) is 0 Å². The van der Waals surface area contributed by atoms with Crippen molar-refractivity contribution in [2.75, 3.05) is 26.9 Å². The molecule has 114 valence electrons. The summed E-state index contributed by atoms with van der Waals surface area (Å²) in [6.45, 7) is 3.64. The molecule has 1 aromatic rings. The third-order valence-corrected chi connectivity index (χ3v) is 4.20. The molecule has 0 spiro atoms. The number of nitrogens with one attached hydrogen (secondary N) is 1. The summed E-state index contributed by atoms with van der Waals surface area (Å²) in [6, 6.07) is 4.88. The van der Waals surface area contributed by atoms with Crippen molar-refractivity contribution >= 4 is 10.0 Å². The van der Waals surface area contributed by atoms with Gasteiger partial charge in [0.15, 0.2) is 0 Å². The van der Waals surface area contributed by atoms with Crippen LogP contribution in [0.25, 0.3) is 0 Å². The average molecular weight is 302 g/mol. The molecule has 0 aromatic heterocycles. The number of sulfonamides is 1. The monoisotopic (exact) mass is 302 g/mol. The van der Waals surface area contributed by atoms with Crippen molar-refractivity contribution in [1.82, 2.24) is 4.72 Å². The van der Waals surface area contributed by atoms with Gasteiger partial charge < -0.3 is 15.2 Å². The quantitative estimate of drug-likeness (QED) is 0.660. The lowest BCUT2D eigenvalue weighted by atomic mass is 10.2. The first-order valence-corrected chi connectivity index (χ1v) is 7.97. The van der Waals surface area contributed by atoms with Gasteiger partial charge in [0.1, 0.15) is 10.6 Å². The molecule has 1 rings (SSSR count). The number of nitrogens with two attached hydrogens (primary N) is 1. The largest absolute Gasteiger partial charge is 0.495 e. The van der Waals surface area contributed by atoms with Crippen molar-refractivity contribution in [3.05, 3.63) is 23.8 Å². The minimum Gasteiger partial charge on any atom is -0.495 e. The molecule has 20 heavy (non-hydrogen) atoms. The van der Waals surface area contributed by atoms with E-state index < -0.39 is 10.0 Å². The Morgan fingerprint density at radius 3 is 2.70 bits per heavy atom. The molecular weight excluding hydrogens is 280 g/mol. The van der Waals surface area contributed by atoms with Gasteiger partial charge in [0.25, 0.3) is 0 Å². The number of methoxy groups -OCH3 is 1. The molecule has 0 saturated carbocycles. The van der Waals surface area contributed by atoms with E-state index in [1.54, 1.807) is 12.1 Å². The minimum absolute atomic E-state index is 0.111. The van der Waals surface area contributed by atoms with E-state index in [-0.39, 0.29) is 11.4 Å². The first-order valence-electron chi connectivity index (χ1n) is 6.49. The van der Waals surface area contributed by atoms with Crippen LogP contribution in [0.5, 0.6) is 5.75 Å². The number of rotatable bonds is 9. The van der Waals surface area contributed by atoms with Crippen LogP contribution in [0, 0.1) is 0 Å². The molecule has 0 aliphatic rings. The van der Waals surface area contributed by atoms with E-state index in [2.05, 4.69) is 4.72 Å². The van der Waals surface area contributed by atoms with Crippen molar-refractivity contribution in [2.24, 2.45) is 5.73 Å². The summed E-state index contributed by atoms with van der Waals surface area (Å²) in [5.41, 5.74) is 6.27. The molecule has 0 saturated heterocycles. The third kappa shape index (κ3) is 4.75. The fourth-order valence-electron chi connectivity index (χ4n) is 1.66. The van der Waals surface area contributed by atoms with Gasteiger partial charge in [0.2, 0.25) is 10.0 Å². The van der Waals surface area contributed by atoms with Gasteiger partial charge in [-0.3, -0.25) is 0 Å². The molecule has 1 aromatic carbocycles. The van der Waals surface area contributed by atoms with E-state index in [9.17, 15) is 8.42 Å². The fraction of sp³-hybridized carbons (Fsp3) is 0.538. The molecule has 0 radical (unpaired) electrons. The fourth-order valence-corrected chi connectivity index (χ4v) is 2.95. The minimum atomic E-state index is -3.61. The topological polar surface area (TPSA) is 90.7 Å². The Hall–Kier alpha value is -1.15. The summed E-state index contributed by atoms with van der Waals surface area (Å²) in [7, 11) is -2.17. The molecule has 0 unspecified atom stereocenters. The Kier molecular flexibility index (Phi) is 6.94. The maximum atomic E-state index is 12.2. The lowest BCUT2D eigenvalue weighted by Crippen LogP contribution is -2.26. The molecule has 3 N–H and O–H groups in total. The van der Waals surface area contributed by atoms with Crippen LogP contribution in [0.1, 0.15) is 18.9 Å². The Morgan fingerprint density at radius 1 is 1.35 bits per heavy atom. The molecule has 0 amide bonds. The zero-order valence-electron chi connectivity index (χ0n) is 11.9. The zero-order valence-corrected chi connectivity index (χ0v) is 12.7. The van der Waals surface area contributed by atoms with Crippen molar-refractivity contribution in [3.8, 4) is 5.75 Å². The van der Waals surface area contributed by atoms with E-state index in [0.717, 1.165) is 5.56 Å². The summed E-state index contributed by atoms with van der Waals surface area (Å²) in [5, 5.41) is 0. The van der Waals surface area contributed by atoms with Crippen molar-refractivity contribution < 1.29 is 17.9 Å². The van der Waals surface area contributed by atoms with Crippen molar-refractivity contribution in [2.45, 2.75) is 24.8 Å². The van der Waals surface area contributed by atoms with Gasteiger partial charge in [-0.15, -0.1) is 0 Å². The second kappa shape index (κ2) is 8.21. The maximum Gasteiger partial charge on any atom is 0.244 e. The standard InChI is InChI=1S/C13H22N2O4S/c1-3-19-8-4-7-15-20(16,17)13-9-11(10-14)5-6-12(13)18-2/h5-6,9,15H,3-4,7-8,10,14H2,1-2H3. The van der Waals surface area contributed by atoms with Crippen molar-refractivity contribution in [3.63, 3.8) is 0 Å². The van der Waals surface area contributed by atoms with Crippen LogP contribution in [-0.4, -0.2) is 35.3 Å². The van der Waals surface area contributed by atoms with Crippen molar-refractivity contribution in [1.29, 1.82) is 0 Å². The molecule has 0 bridgehead atoms. The summed E-state index contributed by atoms with van der Waals surface area (Å²) in [6.07, 6.45) is 0.617. The summed E-state index contributed by atoms with van der Waals surface area (Å²) in [4.78, 5) is 0.111. The predicted octanol–water partition coefficient (Wildman–Crippen LogP) is 0.859. The number of benzene rings is 1. The molecule has 6 nitrogen and oxygen atoms in total. The normalized spacial score (nSPS) is 11.6. The molecule has 0 aliphatic heterocycles. The van der Waals surface area contributed by atoms with Gasteiger partial charge in [0, 0.05) is 26.3 Å². The van der Waals surface area contributed by atoms with E-state index in [0.29, 0.717) is 31.9 Å². The number of ether oxygens (including phenoxy) is 2. The summed E-state index contributed by atoms with van der Waals surface area (Å²) >= 11 is 0. The highest BCUT2D eigenvalue weighted by molar-refractivity contribution is 7.89. The molecule has 0 heterocycles. The van der Waals surface area contributed by atoms with Crippen LogP contribution in [0.15, 0.2) is 23.1 Å². The Balaban J connectivity index is 2.80. The molecule has 0 fully saturated rings. The maximum absolute atomic E-state index is 12.2. The van der Waals surface area contributed by atoms with E-state index in [4.69, 9.17) is 15.2 Å². The summed E-state index contributed by atoms with van der Waals surface area (Å²) in [5.74, 6) is 0.305. The Morgan fingerprint density at radius 2 is 2.10 bits per heavy atom. The lowest BCUT2D eigenvalue weighted by Gasteiger charge is -2.12. The van der Waals surface area contributed by atoms with Gasteiger partial charge in [-0.05, 0) is 31.0 Å². The number of hydrogen-bond acceptors (Lipinski definition) is 5. The second-order valence-corrected chi connectivity index (χ2v) is 5.87. The number of hydrogen-bond donors (Lipinski definition) is 2. The van der Waals surface area contributed by atoms with Gasteiger partial charge >= 0.3 is 0 Å². The SMILES string of the molecule is CCOCCCNS(=O)(=O)c1cc(CN)ccc1OC. The summed E-state index contributed by atoms with van der Waals surface area (Å²) < 4.78 is 37.3. The van der Waals surface area contributed by atoms with E-state index in [1.165, 1.54) is 13.2 Å². The van der Waals surface area contributed by atoms with E-state index in [1.807, 2.05) is 6.92 Å². The third-order valence-electron chi connectivity index (χ3n) is 2.71. The Bertz CT molecular complexity index is 517. The predicted molar refractivity (Wildman–Crippen MR) is 77.2 cm³/mol. The molecule has 7 heteroatoms. The zero-order chi connectivity index (χ0) is 15.0. The molecule has 0 atom stereocenters. The van der Waals surface area contributed by atoms with Crippen LogP contribution >= 0.6 is 0 Å². The Labute approximate surface area is 120 Å². The van der Waals surface area contributed by atoms with Crippen LogP contribution in [-0.2, 0) is 21.3 Å². The lowest BCUT2D eigenvalue weighted by molar-refractivity contribution is 0.146. The second-order valence-electron chi connectivity index (χ2n) is 4.14. The van der Waals surface area contributed by atoms with Gasteiger partial charge in [-0.25, -0.2) is 13.1 Å². The van der Waals surface area contributed by atoms with Crippen LogP contribution in [0.3, 0.4) is 0 Å². The van der Waals surface area contributed by atoms with E-state index >= 15 is 0 Å². The first-order chi connectivity index (χ1) is 9.55.